The van der Waals surface area contributed by atoms with E-state index in [2.05, 4.69) is 10.4 Å². The van der Waals surface area contributed by atoms with Gasteiger partial charge in [-0.15, -0.1) is 0 Å². The molecule has 1 fully saturated rings. The number of rotatable bonds is 2. The third-order valence-corrected chi connectivity index (χ3v) is 2.29. The Balaban J connectivity index is 2.01. The van der Waals surface area contributed by atoms with Crippen molar-refractivity contribution < 1.29 is 17.9 Å². The predicted molar refractivity (Wildman–Crippen MR) is 49.8 cm³/mol. The molecule has 1 atom stereocenters. The van der Waals surface area contributed by atoms with Crippen molar-refractivity contribution in [3.8, 4) is 0 Å². The Labute approximate surface area is 90.4 Å². The molecule has 0 radical (unpaired) electrons. The van der Waals surface area contributed by atoms with Gasteiger partial charge in [-0.3, -0.25) is 4.68 Å². The first kappa shape index (κ1) is 11.4. The summed E-state index contributed by atoms with van der Waals surface area (Å²) in [5, 5.41) is 6.77. The second-order valence-corrected chi connectivity index (χ2v) is 3.65. The van der Waals surface area contributed by atoms with Crippen molar-refractivity contribution in [2.24, 2.45) is 0 Å². The van der Waals surface area contributed by atoms with E-state index in [1.165, 1.54) is 12.4 Å². The summed E-state index contributed by atoms with van der Waals surface area (Å²) in [5.41, 5.74) is 0.677. The van der Waals surface area contributed by atoms with Crippen LogP contribution in [0.25, 0.3) is 0 Å². The molecule has 0 aliphatic carbocycles. The Morgan fingerprint density at radius 2 is 2.38 bits per heavy atom. The summed E-state index contributed by atoms with van der Waals surface area (Å²) in [5.74, 6) is 0. The van der Waals surface area contributed by atoms with E-state index in [9.17, 15) is 13.2 Å². The third-order valence-electron chi connectivity index (χ3n) is 2.29. The van der Waals surface area contributed by atoms with Crippen LogP contribution in [-0.4, -0.2) is 35.7 Å². The molecular formula is C9H12F3N3O. The maximum atomic E-state index is 12.1. The number of nitrogens with one attached hydrogen (secondary N) is 1. The van der Waals surface area contributed by atoms with Crippen molar-refractivity contribution in [1.29, 1.82) is 0 Å². The number of nitrogens with zero attached hydrogens (tertiary/aromatic N) is 2. The van der Waals surface area contributed by atoms with E-state index >= 15 is 0 Å². The van der Waals surface area contributed by atoms with E-state index < -0.39 is 12.7 Å². The molecule has 2 heterocycles. The number of morpholine rings is 1. The number of halogens is 3. The van der Waals surface area contributed by atoms with Crippen LogP contribution in [0.1, 0.15) is 11.7 Å². The van der Waals surface area contributed by atoms with E-state index in [0.717, 1.165) is 11.2 Å². The number of hydrogen-bond donors (Lipinski definition) is 1. The van der Waals surface area contributed by atoms with Gasteiger partial charge < -0.3 is 10.1 Å². The van der Waals surface area contributed by atoms with Crippen LogP contribution in [0.15, 0.2) is 12.4 Å². The summed E-state index contributed by atoms with van der Waals surface area (Å²) in [6.07, 6.45) is -1.64. The van der Waals surface area contributed by atoms with E-state index in [4.69, 9.17) is 4.74 Å². The van der Waals surface area contributed by atoms with Gasteiger partial charge >= 0.3 is 6.18 Å². The minimum atomic E-state index is -4.24. The highest BCUT2D eigenvalue weighted by molar-refractivity contribution is 5.09. The lowest BCUT2D eigenvalue weighted by molar-refractivity contribution is -0.142. The van der Waals surface area contributed by atoms with Gasteiger partial charge in [0.2, 0.25) is 0 Å². The van der Waals surface area contributed by atoms with Crippen LogP contribution in [0.5, 0.6) is 0 Å². The molecule has 1 N–H and O–H groups in total. The molecule has 0 amide bonds. The first-order chi connectivity index (χ1) is 7.54. The van der Waals surface area contributed by atoms with Crippen LogP contribution >= 0.6 is 0 Å². The van der Waals surface area contributed by atoms with Crippen molar-refractivity contribution in [2.45, 2.75) is 18.8 Å². The minimum absolute atomic E-state index is 0.198. The second kappa shape index (κ2) is 4.42. The largest absolute Gasteiger partial charge is 0.408 e. The molecule has 1 aromatic heterocycles. The molecule has 0 spiro atoms. The summed E-state index contributed by atoms with van der Waals surface area (Å²) in [7, 11) is 0. The molecule has 4 nitrogen and oxygen atoms in total. The van der Waals surface area contributed by atoms with Crippen LogP contribution in [0.4, 0.5) is 13.2 Å². The molecule has 1 saturated heterocycles. The van der Waals surface area contributed by atoms with Crippen LogP contribution < -0.4 is 5.32 Å². The molecule has 0 bridgehead atoms. The van der Waals surface area contributed by atoms with Crippen molar-refractivity contribution >= 4 is 0 Å². The number of hydrogen-bond acceptors (Lipinski definition) is 3. The molecule has 0 aromatic carbocycles. The topological polar surface area (TPSA) is 39.1 Å². The number of aromatic nitrogens is 2. The van der Waals surface area contributed by atoms with Gasteiger partial charge in [-0.1, -0.05) is 0 Å². The maximum absolute atomic E-state index is 12.1. The highest BCUT2D eigenvalue weighted by atomic mass is 19.4. The van der Waals surface area contributed by atoms with E-state index in [0.29, 0.717) is 18.7 Å². The summed E-state index contributed by atoms with van der Waals surface area (Å²) < 4.78 is 42.6. The lowest BCUT2D eigenvalue weighted by atomic mass is 10.2. The zero-order valence-corrected chi connectivity index (χ0v) is 8.50. The fraction of sp³-hybridized carbons (Fsp3) is 0.667. The normalized spacial score (nSPS) is 22.3. The van der Waals surface area contributed by atoms with E-state index in [-0.39, 0.29) is 6.10 Å². The summed E-state index contributed by atoms with van der Waals surface area (Å²) in [4.78, 5) is 0. The van der Waals surface area contributed by atoms with Crippen LogP contribution in [0, 0.1) is 0 Å². The smallest absolute Gasteiger partial charge is 0.371 e. The molecule has 16 heavy (non-hydrogen) atoms. The molecular weight excluding hydrogens is 223 g/mol. The zero-order valence-electron chi connectivity index (χ0n) is 8.50. The van der Waals surface area contributed by atoms with Gasteiger partial charge in [0.15, 0.2) is 0 Å². The van der Waals surface area contributed by atoms with Gasteiger partial charge in [0.05, 0.1) is 18.9 Å². The second-order valence-electron chi connectivity index (χ2n) is 3.65. The van der Waals surface area contributed by atoms with Crippen LogP contribution in [0.2, 0.25) is 0 Å². The quantitative estimate of drug-likeness (QED) is 0.834. The molecule has 2 rings (SSSR count). The van der Waals surface area contributed by atoms with Crippen LogP contribution in [0.3, 0.4) is 0 Å². The molecule has 1 aliphatic rings. The highest BCUT2D eigenvalue weighted by Crippen LogP contribution is 2.21. The average molecular weight is 235 g/mol. The Kier molecular flexibility index (Phi) is 3.15. The Morgan fingerprint density at radius 1 is 1.56 bits per heavy atom. The molecule has 0 saturated carbocycles. The van der Waals surface area contributed by atoms with Gasteiger partial charge in [0, 0.05) is 24.8 Å². The van der Waals surface area contributed by atoms with Crippen molar-refractivity contribution in [3.05, 3.63) is 18.0 Å². The first-order valence-corrected chi connectivity index (χ1v) is 4.96. The number of ether oxygens (including phenoxy) is 1. The van der Waals surface area contributed by atoms with Gasteiger partial charge in [-0.05, 0) is 0 Å². The van der Waals surface area contributed by atoms with E-state index in [1.807, 2.05) is 0 Å². The molecule has 1 aliphatic heterocycles. The van der Waals surface area contributed by atoms with Gasteiger partial charge in [0.1, 0.15) is 6.54 Å². The molecule has 90 valence electrons. The third kappa shape index (κ3) is 2.96. The first-order valence-electron chi connectivity index (χ1n) is 4.96. The van der Waals surface area contributed by atoms with Crippen molar-refractivity contribution in [2.75, 3.05) is 19.7 Å². The monoisotopic (exact) mass is 235 g/mol. The summed E-state index contributed by atoms with van der Waals surface area (Å²) in [6.45, 7) is 0.882. The summed E-state index contributed by atoms with van der Waals surface area (Å²) in [6, 6.07) is 0. The van der Waals surface area contributed by atoms with E-state index in [1.54, 1.807) is 0 Å². The highest BCUT2D eigenvalue weighted by Gasteiger charge is 2.29. The Morgan fingerprint density at radius 3 is 3.00 bits per heavy atom. The molecule has 7 heteroatoms. The zero-order chi connectivity index (χ0) is 11.6. The van der Waals surface area contributed by atoms with Gasteiger partial charge in [-0.25, -0.2) is 0 Å². The predicted octanol–water partition coefficient (Wildman–Crippen LogP) is 1.11. The SMILES string of the molecule is FC(F)(F)Cn1cc(C2CNCCO2)cn1. The summed E-state index contributed by atoms with van der Waals surface area (Å²) >= 11 is 0. The Bertz CT molecular complexity index is 344. The minimum Gasteiger partial charge on any atom is -0.371 e. The standard InChI is InChI=1S/C9H12F3N3O/c10-9(11,12)6-15-5-7(3-14-15)8-4-13-1-2-16-8/h3,5,8,13H,1-2,4,6H2. The lowest BCUT2D eigenvalue weighted by Gasteiger charge is -2.22. The van der Waals surface area contributed by atoms with Crippen molar-refractivity contribution in [1.82, 2.24) is 15.1 Å². The average Bonchev–Trinajstić information content (AvgIpc) is 2.65. The van der Waals surface area contributed by atoms with Crippen molar-refractivity contribution in [3.63, 3.8) is 0 Å². The van der Waals surface area contributed by atoms with Gasteiger partial charge in [0.25, 0.3) is 0 Å². The lowest BCUT2D eigenvalue weighted by Crippen LogP contribution is -2.33. The molecule has 1 aromatic rings. The number of alkyl halides is 3. The van der Waals surface area contributed by atoms with Crippen LogP contribution in [-0.2, 0) is 11.3 Å². The molecule has 1 unspecified atom stereocenters. The van der Waals surface area contributed by atoms with Gasteiger partial charge in [-0.2, -0.15) is 18.3 Å². The maximum Gasteiger partial charge on any atom is 0.408 e. The Hall–Kier alpha value is -1.08. The fourth-order valence-corrected chi connectivity index (χ4v) is 1.60. The fourth-order valence-electron chi connectivity index (χ4n) is 1.60.